The molecule has 106 valence electrons. The van der Waals surface area contributed by atoms with Crippen LogP contribution in [0.4, 0.5) is 0 Å². The zero-order valence-electron chi connectivity index (χ0n) is 11.9. The van der Waals surface area contributed by atoms with Gasteiger partial charge in [0.1, 0.15) is 11.4 Å². The lowest BCUT2D eigenvalue weighted by Crippen LogP contribution is -1.99. The van der Waals surface area contributed by atoms with Crippen molar-refractivity contribution in [2.45, 2.75) is 26.7 Å². The molecule has 2 rings (SSSR count). The highest BCUT2D eigenvalue weighted by Crippen LogP contribution is 2.38. The van der Waals surface area contributed by atoms with Crippen LogP contribution in [-0.2, 0) is 0 Å². The lowest BCUT2D eigenvalue weighted by Gasteiger charge is -2.16. The Bertz CT molecular complexity index is 643. The van der Waals surface area contributed by atoms with Crippen molar-refractivity contribution < 1.29 is 19.2 Å². The third-order valence-corrected chi connectivity index (χ3v) is 3.19. The number of carbonyl (C=O) groups is 1. The molecule has 1 aromatic heterocycles. The van der Waals surface area contributed by atoms with E-state index in [0.29, 0.717) is 11.4 Å². The number of nitrogens with zero attached hydrogens (tertiary/aromatic N) is 1. The summed E-state index contributed by atoms with van der Waals surface area (Å²) >= 11 is 0. The second-order valence-corrected chi connectivity index (χ2v) is 4.92. The lowest BCUT2D eigenvalue weighted by atomic mass is 9.92. The van der Waals surface area contributed by atoms with E-state index in [2.05, 4.69) is 19.0 Å². The summed E-state index contributed by atoms with van der Waals surface area (Å²) < 4.78 is 10.3. The maximum absolute atomic E-state index is 10.9. The zero-order valence-corrected chi connectivity index (χ0v) is 11.9. The number of aromatic nitrogens is 1. The molecule has 2 aromatic rings. The van der Waals surface area contributed by atoms with E-state index in [1.54, 1.807) is 7.11 Å². The first-order valence-electron chi connectivity index (χ1n) is 6.33. The van der Waals surface area contributed by atoms with Crippen molar-refractivity contribution in [3.05, 3.63) is 35.1 Å². The van der Waals surface area contributed by atoms with Crippen LogP contribution < -0.4 is 4.74 Å². The van der Waals surface area contributed by atoms with Crippen LogP contribution in [0.3, 0.4) is 0 Å². The first-order chi connectivity index (χ1) is 9.45. The number of ether oxygens (including phenoxy) is 1. The summed E-state index contributed by atoms with van der Waals surface area (Å²) in [7, 11) is 1.59. The van der Waals surface area contributed by atoms with E-state index in [1.165, 1.54) is 6.07 Å². The molecule has 0 bridgehead atoms. The Morgan fingerprint density at radius 1 is 1.40 bits per heavy atom. The van der Waals surface area contributed by atoms with Gasteiger partial charge in [-0.1, -0.05) is 31.1 Å². The number of benzene rings is 1. The van der Waals surface area contributed by atoms with E-state index in [1.807, 2.05) is 19.1 Å². The van der Waals surface area contributed by atoms with Gasteiger partial charge in [-0.3, -0.25) is 0 Å². The van der Waals surface area contributed by atoms with Gasteiger partial charge >= 0.3 is 5.97 Å². The number of aryl methyl sites for hydroxylation is 1. The van der Waals surface area contributed by atoms with Gasteiger partial charge in [0.15, 0.2) is 0 Å². The molecule has 0 saturated carbocycles. The van der Waals surface area contributed by atoms with E-state index < -0.39 is 5.97 Å². The molecule has 0 saturated heterocycles. The quantitative estimate of drug-likeness (QED) is 0.924. The van der Waals surface area contributed by atoms with Gasteiger partial charge in [0, 0.05) is 11.6 Å². The second kappa shape index (κ2) is 5.36. The molecule has 0 spiro atoms. The fourth-order valence-electron chi connectivity index (χ4n) is 2.20. The number of hydrogen-bond donors (Lipinski definition) is 1. The van der Waals surface area contributed by atoms with Gasteiger partial charge in [-0.2, -0.15) is 0 Å². The molecule has 0 aliphatic rings. The molecule has 1 N–H and O–H groups in total. The normalized spacial score (nSPS) is 10.8. The first-order valence-corrected chi connectivity index (χ1v) is 6.33. The third kappa shape index (κ3) is 2.39. The van der Waals surface area contributed by atoms with Gasteiger partial charge in [-0.25, -0.2) is 4.79 Å². The van der Waals surface area contributed by atoms with E-state index >= 15 is 0 Å². The molecule has 0 aliphatic carbocycles. The van der Waals surface area contributed by atoms with Crippen molar-refractivity contribution >= 4 is 5.97 Å². The molecular weight excluding hydrogens is 258 g/mol. The van der Waals surface area contributed by atoms with Gasteiger partial charge in [-0.15, -0.1) is 0 Å². The number of rotatable bonds is 4. The van der Waals surface area contributed by atoms with Crippen molar-refractivity contribution in [1.82, 2.24) is 5.16 Å². The van der Waals surface area contributed by atoms with E-state index in [-0.39, 0.29) is 11.7 Å². The minimum atomic E-state index is -1.14. The summed E-state index contributed by atoms with van der Waals surface area (Å²) in [5.41, 5.74) is 3.27. The molecule has 0 fully saturated rings. The highest BCUT2D eigenvalue weighted by molar-refractivity contribution is 5.86. The molecule has 1 heterocycles. The lowest BCUT2D eigenvalue weighted by molar-refractivity contribution is 0.0652. The second-order valence-electron chi connectivity index (χ2n) is 4.92. The predicted molar refractivity (Wildman–Crippen MR) is 74.3 cm³/mol. The zero-order chi connectivity index (χ0) is 14.9. The van der Waals surface area contributed by atoms with E-state index in [9.17, 15) is 4.79 Å². The van der Waals surface area contributed by atoms with Crippen molar-refractivity contribution in [3.8, 4) is 17.0 Å². The molecule has 0 aliphatic heterocycles. The Morgan fingerprint density at radius 2 is 2.10 bits per heavy atom. The van der Waals surface area contributed by atoms with Crippen LogP contribution in [-0.4, -0.2) is 23.3 Å². The number of methoxy groups -OCH3 is 1. The van der Waals surface area contributed by atoms with Gasteiger partial charge in [0.2, 0.25) is 5.76 Å². The molecule has 0 radical (unpaired) electrons. The highest BCUT2D eigenvalue weighted by atomic mass is 16.5. The molecular formula is C15H17NO4. The van der Waals surface area contributed by atoms with Crippen LogP contribution in [0.5, 0.6) is 5.75 Å². The monoisotopic (exact) mass is 275 g/mol. The molecule has 0 amide bonds. The minimum Gasteiger partial charge on any atom is -0.496 e. The maximum atomic E-state index is 10.9. The molecule has 20 heavy (non-hydrogen) atoms. The maximum Gasteiger partial charge on any atom is 0.374 e. The molecule has 0 unspecified atom stereocenters. The number of carboxylic acid groups (broad SMARTS) is 1. The summed E-state index contributed by atoms with van der Waals surface area (Å²) in [4.78, 5) is 10.9. The number of hydrogen-bond acceptors (Lipinski definition) is 4. The first kappa shape index (κ1) is 14.1. The summed E-state index contributed by atoms with van der Waals surface area (Å²) in [5.74, 6) is -0.370. The number of aromatic carboxylic acids is 1. The fourth-order valence-corrected chi connectivity index (χ4v) is 2.20. The highest BCUT2D eigenvalue weighted by Gasteiger charge is 2.21. The Labute approximate surface area is 117 Å². The van der Waals surface area contributed by atoms with Gasteiger partial charge in [-0.05, 0) is 24.0 Å². The van der Waals surface area contributed by atoms with Crippen LogP contribution in [0.2, 0.25) is 0 Å². The van der Waals surface area contributed by atoms with Crippen LogP contribution in [0, 0.1) is 6.92 Å². The minimum absolute atomic E-state index is 0.182. The summed E-state index contributed by atoms with van der Waals surface area (Å²) in [6.45, 7) is 6.06. The SMILES string of the molecule is COc1c(C)ccc(C(C)C)c1-c1cc(C(=O)O)on1. The Morgan fingerprint density at radius 3 is 2.60 bits per heavy atom. The van der Waals surface area contributed by atoms with Crippen molar-refractivity contribution in [2.75, 3.05) is 7.11 Å². The van der Waals surface area contributed by atoms with Crippen LogP contribution >= 0.6 is 0 Å². The smallest absolute Gasteiger partial charge is 0.374 e. The topological polar surface area (TPSA) is 72.6 Å². The van der Waals surface area contributed by atoms with Gasteiger partial charge in [0.25, 0.3) is 0 Å². The fraction of sp³-hybridized carbons (Fsp3) is 0.333. The van der Waals surface area contributed by atoms with Crippen LogP contribution in [0.1, 0.15) is 41.4 Å². The molecule has 0 atom stereocenters. The Kier molecular flexibility index (Phi) is 3.79. The average molecular weight is 275 g/mol. The predicted octanol–water partition coefficient (Wildman–Crippen LogP) is 3.48. The van der Waals surface area contributed by atoms with Crippen molar-refractivity contribution in [1.29, 1.82) is 0 Å². The largest absolute Gasteiger partial charge is 0.496 e. The number of carboxylic acids is 1. The molecule has 1 aromatic carbocycles. The summed E-state index contributed by atoms with van der Waals surface area (Å²) in [6.07, 6.45) is 0. The van der Waals surface area contributed by atoms with Gasteiger partial charge in [0.05, 0.1) is 7.11 Å². The Balaban J connectivity index is 2.68. The summed E-state index contributed by atoms with van der Waals surface area (Å²) in [6, 6.07) is 5.41. The van der Waals surface area contributed by atoms with Crippen molar-refractivity contribution in [2.24, 2.45) is 0 Å². The van der Waals surface area contributed by atoms with Crippen molar-refractivity contribution in [3.63, 3.8) is 0 Å². The summed E-state index contributed by atoms with van der Waals surface area (Å²) in [5, 5.41) is 12.8. The average Bonchev–Trinajstić information content (AvgIpc) is 2.87. The van der Waals surface area contributed by atoms with E-state index in [0.717, 1.165) is 16.7 Å². The third-order valence-electron chi connectivity index (χ3n) is 3.19. The van der Waals surface area contributed by atoms with Crippen LogP contribution in [0.15, 0.2) is 22.7 Å². The standard InChI is InChI=1S/C15H17NO4/c1-8(2)10-6-5-9(3)14(19-4)13(10)11-7-12(15(17)18)20-16-11/h5-8H,1-4H3,(H,17,18). The molecule has 5 heteroatoms. The van der Waals surface area contributed by atoms with E-state index in [4.69, 9.17) is 14.4 Å². The molecule has 5 nitrogen and oxygen atoms in total. The van der Waals surface area contributed by atoms with Crippen LogP contribution in [0.25, 0.3) is 11.3 Å². The van der Waals surface area contributed by atoms with Gasteiger partial charge < -0.3 is 14.4 Å². The Hall–Kier alpha value is -2.30.